The van der Waals surface area contributed by atoms with Gasteiger partial charge in [0.05, 0.1) is 23.6 Å². The number of nitrogens with one attached hydrogen (secondary N) is 1. The summed E-state index contributed by atoms with van der Waals surface area (Å²) >= 11 is 0. The van der Waals surface area contributed by atoms with Crippen molar-refractivity contribution >= 4 is 26.8 Å². The van der Waals surface area contributed by atoms with Crippen molar-refractivity contribution in [2.45, 2.75) is 19.0 Å². The van der Waals surface area contributed by atoms with Crippen LogP contribution in [0.25, 0.3) is 11.0 Å². The van der Waals surface area contributed by atoms with E-state index in [-0.39, 0.29) is 23.5 Å². The maximum absolute atomic E-state index is 12.3. The van der Waals surface area contributed by atoms with Crippen LogP contribution in [0.3, 0.4) is 0 Å². The van der Waals surface area contributed by atoms with Gasteiger partial charge in [0.2, 0.25) is 0 Å². The summed E-state index contributed by atoms with van der Waals surface area (Å²) in [6, 6.07) is 14.7. The molecule has 134 valence electrons. The number of nitrogens with zero attached hydrogens (tertiary/aromatic N) is 3. The van der Waals surface area contributed by atoms with Gasteiger partial charge in [0.25, 0.3) is 5.91 Å². The number of aromatic nitrogens is 3. The predicted octanol–water partition coefficient (Wildman–Crippen LogP) is 1.40. The van der Waals surface area contributed by atoms with Crippen molar-refractivity contribution in [2.24, 2.45) is 0 Å². The minimum absolute atomic E-state index is 0.0240. The number of para-hydroxylation sites is 1. The minimum atomic E-state index is -3.01. The van der Waals surface area contributed by atoms with Gasteiger partial charge in [0, 0.05) is 11.6 Å². The van der Waals surface area contributed by atoms with E-state index >= 15 is 0 Å². The van der Waals surface area contributed by atoms with Gasteiger partial charge < -0.3 is 5.32 Å². The highest BCUT2D eigenvalue weighted by Crippen LogP contribution is 2.14. The Morgan fingerprint density at radius 3 is 2.65 bits per heavy atom. The van der Waals surface area contributed by atoms with Gasteiger partial charge in [0.1, 0.15) is 5.52 Å². The quantitative estimate of drug-likeness (QED) is 0.749. The van der Waals surface area contributed by atoms with Crippen molar-refractivity contribution in [3.8, 4) is 0 Å². The van der Waals surface area contributed by atoms with E-state index < -0.39 is 9.84 Å². The SMILES string of the molecule is O=C(N[C@@H]1CCS(=O)(=O)C1)c1ccc(Cn2nnc3ccccc32)cc1. The number of hydrogen-bond acceptors (Lipinski definition) is 5. The molecule has 1 N–H and O–H groups in total. The highest BCUT2D eigenvalue weighted by atomic mass is 32.2. The van der Waals surface area contributed by atoms with E-state index in [9.17, 15) is 13.2 Å². The Morgan fingerprint density at radius 1 is 1.15 bits per heavy atom. The smallest absolute Gasteiger partial charge is 0.251 e. The summed E-state index contributed by atoms with van der Waals surface area (Å²) in [5.74, 6) is -0.0799. The molecule has 0 aliphatic carbocycles. The average molecular weight is 370 g/mol. The van der Waals surface area contributed by atoms with Crippen LogP contribution in [0.15, 0.2) is 48.5 Å². The number of sulfone groups is 1. The number of rotatable bonds is 4. The molecule has 7 nitrogen and oxygen atoms in total. The fourth-order valence-electron chi connectivity index (χ4n) is 3.15. The van der Waals surface area contributed by atoms with Gasteiger partial charge in [-0.1, -0.05) is 29.5 Å². The van der Waals surface area contributed by atoms with Crippen LogP contribution in [0.2, 0.25) is 0 Å². The molecular weight excluding hydrogens is 352 g/mol. The van der Waals surface area contributed by atoms with Gasteiger partial charge in [-0.25, -0.2) is 13.1 Å². The molecule has 0 bridgehead atoms. The molecule has 2 aromatic carbocycles. The third-order valence-electron chi connectivity index (χ3n) is 4.54. The van der Waals surface area contributed by atoms with Crippen LogP contribution in [0.4, 0.5) is 0 Å². The van der Waals surface area contributed by atoms with Crippen LogP contribution in [0, 0.1) is 0 Å². The molecule has 1 saturated heterocycles. The number of carbonyl (C=O) groups excluding carboxylic acids is 1. The van der Waals surface area contributed by atoms with Gasteiger partial charge in [-0.15, -0.1) is 5.10 Å². The summed E-state index contributed by atoms with van der Waals surface area (Å²) in [5.41, 5.74) is 3.31. The Morgan fingerprint density at radius 2 is 1.92 bits per heavy atom. The Labute approximate surface area is 150 Å². The first-order chi connectivity index (χ1) is 12.5. The zero-order valence-corrected chi connectivity index (χ0v) is 14.8. The summed E-state index contributed by atoms with van der Waals surface area (Å²) < 4.78 is 24.8. The van der Waals surface area contributed by atoms with E-state index in [2.05, 4.69) is 15.6 Å². The number of carbonyl (C=O) groups is 1. The molecule has 4 rings (SSSR count). The summed E-state index contributed by atoms with van der Waals surface area (Å²) in [5, 5.41) is 11.1. The van der Waals surface area contributed by atoms with Crippen LogP contribution < -0.4 is 5.32 Å². The number of benzene rings is 2. The van der Waals surface area contributed by atoms with Crippen LogP contribution >= 0.6 is 0 Å². The van der Waals surface area contributed by atoms with Crippen LogP contribution in [0.1, 0.15) is 22.3 Å². The molecule has 1 aliphatic heterocycles. The van der Waals surface area contributed by atoms with Gasteiger partial charge in [-0.05, 0) is 36.2 Å². The first-order valence-corrected chi connectivity index (χ1v) is 10.2. The topological polar surface area (TPSA) is 94.0 Å². The average Bonchev–Trinajstić information content (AvgIpc) is 3.18. The normalized spacial score (nSPS) is 18.8. The van der Waals surface area contributed by atoms with Crippen molar-refractivity contribution in [3.05, 3.63) is 59.7 Å². The molecule has 2 heterocycles. The van der Waals surface area contributed by atoms with Gasteiger partial charge >= 0.3 is 0 Å². The van der Waals surface area contributed by atoms with E-state index in [0.717, 1.165) is 16.6 Å². The first-order valence-electron chi connectivity index (χ1n) is 8.39. The van der Waals surface area contributed by atoms with E-state index in [0.29, 0.717) is 18.5 Å². The van der Waals surface area contributed by atoms with Crippen LogP contribution in [0.5, 0.6) is 0 Å². The second kappa shape index (κ2) is 6.53. The Balaban J connectivity index is 1.44. The monoisotopic (exact) mass is 370 g/mol. The molecular formula is C18H18N4O3S. The predicted molar refractivity (Wildman–Crippen MR) is 97.6 cm³/mol. The summed E-state index contributed by atoms with van der Waals surface area (Å²) in [6.45, 7) is 0.559. The van der Waals surface area contributed by atoms with Gasteiger partial charge in [-0.3, -0.25) is 4.79 Å². The fraction of sp³-hybridized carbons (Fsp3) is 0.278. The molecule has 3 aromatic rings. The van der Waals surface area contributed by atoms with Crippen molar-refractivity contribution in [3.63, 3.8) is 0 Å². The zero-order valence-electron chi connectivity index (χ0n) is 14.0. The molecule has 0 saturated carbocycles. The van der Waals surface area contributed by atoms with E-state index in [1.165, 1.54) is 0 Å². The van der Waals surface area contributed by atoms with Crippen molar-refractivity contribution < 1.29 is 13.2 Å². The largest absolute Gasteiger partial charge is 0.348 e. The lowest BCUT2D eigenvalue weighted by atomic mass is 10.1. The molecule has 0 unspecified atom stereocenters. The first kappa shape index (κ1) is 16.7. The maximum atomic E-state index is 12.3. The standard InChI is InChI=1S/C18H18N4O3S/c23-18(19-15-9-10-26(24,25)12-15)14-7-5-13(6-8-14)11-22-17-4-2-1-3-16(17)20-21-22/h1-8,15H,9-12H2,(H,19,23)/t15-/m1/s1. The lowest BCUT2D eigenvalue weighted by Crippen LogP contribution is -2.35. The lowest BCUT2D eigenvalue weighted by Gasteiger charge is -2.11. The van der Waals surface area contributed by atoms with Crippen molar-refractivity contribution in [1.29, 1.82) is 0 Å². The third-order valence-corrected chi connectivity index (χ3v) is 6.30. The van der Waals surface area contributed by atoms with E-state index in [1.54, 1.807) is 12.1 Å². The lowest BCUT2D eigenvalue weighted by molar-refractivity contribution is 0.0941. The molecule has 0 radical (unpaired) electrons. The zero-order chi connectivity index (χ0) is 18.1. The molecule has 8 heteroatoms. The van der Waals surface area contributed by atoms with Crippen molar-refractivity contribution in [2.75, 3.05) is 11.5 Å². The van der Waals surface area contributed by atoms with Crippen molar-refractivity contribution in [1.82, 2.24) is 20.3 Å². The number of amides is 1. The second-order valence-corrected chi connectivity index (χ2v) is 8.73. The molecule has 1 amide bonds. The highest BCUT2D eigenvalue weighted by Gasteiger charge is 2.29. The molecule has 1 aromatic heterocycles. The third kappa shape index (κ3) is 3.45. The summed E-state index contributed by atoms with van der Waals surface area (Å²) in [4.78, 5) is 12.3. The Bertz CT molecular complexity index is 1060. The van der Waals surface area contributed by atoms with Gasteiger partial charge in [-0.2, -0.15) is 0 Å². The van der Waals surface area contributed by atoms with Gasteiger partial charge in [0.15, 0.2) is 9.84 Å². The van der Waals surface area contributed by atoms with Crippen LogP contribution in [-0.2, 0) is 16.4 Å². The number of hydrogen-bond donors (Lipinski definition) is 1. The molecule has 1 aliphatic rings. The second-order valence-electron chi connectivity index (χ2n) is 6.51. The summed E-state index contributed by atoms with van der Waals surface area (Å²) in [6.07, 6.45) is 0.478. The summed E-state index contributed by atoms with van der Waals surface area (Å²) in [7, 11) is -3.01. The number of fused-ring (bicyclic) bond motifs is 1. The van der Waals surface area contributed by atoms with Crippen LogP contribution in [-0.4, -0.2) is 46.9 Å². The Hall–Kier alpha value is -2.74. The fourth-order valence-corrected chi connectivity index (χ4v) is 4.82. The van der Waals surface area contributed by atoms with E-state index in [4.69, 9.17) is 0 Å². The molecule has 1 atom stereocenters. The molecule has 0 spiro atoms. The maximum Gasteiger partial charge on any atom is 0.251 e. The van der Waals surface area contributed by atoms with E-state index in [1.807, 2.05) is 41.1 Å². The Kier molecular flexibility index (Phi) is 4.20. The minimum Gasteiger partial charge on any atom is -0.348 e. The molecule has 1 fully saturated rings. The molecule has 26 heavy (non-hydrogen) atoms. The highest BCUT2D eigenvalue weighted by molar-refractivity contribution is 7.91.